The number of nitrogens with zero attached hydrogens (tertiary/aromatic N) is 3. The summed E-state index contributed by atoms with van der Waals surface area (Å²) in [4.78, 5) is 45.4. The van der Waals surface area contributed by atoms with Gasteiger partial charge >= 0.3 is 11.9 Å². The highest BCUT2D eigenvalue weighted by molar-refractivity contribution is 6.27. The van der Waals surface area contributed by atoms with Crippen LogP contribution in [0.1, 0.15) is 64.0 Å². The second-order valence-corrected chi connectivity index (χ2v) is 10.1. The molecule has 1 aromatic carbocycles. The zero-order valence-electron chi connectivity index (χ0n) is 21.6. The molecule has 2 amide bonds. The van der Waals surface area contributed by atoms with Crippen molar-refractivity contribution in [2.24, 2.45) is 5.41 Å². The van der Waals surface area contributed by atoms with Crippen LogP contribution in [0.3, 0.4) is 0 Å². The van der Waals surface area contributed by atoms with Gasteiger partial charge in [-0.25, -0.2) is 9.59 Å². The number of para-hydroxylation sites is 1. The van der Waals surface area contributed by atoms with E-state index in [4.69, 9.17) is 19.8 Å². The first kappa shape index (κ1) is 28.8. The molecule has 0 spiro atoms. The van der Waals surface area contributed by atoms with Crippen LogP contribution in [0.2, 0.25) is 0 Å². The number of likely N-dealkylation sites (tertiary alicyclic amines) is 1. The molecule has 1 aliphatic heterocycles. The minimum Gasteiger partial charge on any atom is -0.473 e. The lowest BCUT2D eigenvalue weighted by atomic mass is 9.94. The van der Waals surface area contributed by atoms with E-state index in [1.54, 1.807) is 0 Å². The molecule has 11 nitrogen and oxygen atoms in total. The number of piperidine rings is 1. The van der Waals surface area contributed by atoms with Crippen molar-refractivity contribution in [1.29, 1.82) is 0 Å². The average molecular weight is 504 g/mol. The largest absolute Gasteiger partial charge is 0.473 e. The number of fused-ring (bicyclic) bond motifs is 1. The molecular weight excluding hydrogens is 466 g/mol. The Bertz CT molecular complexity index is 1070. The van der Waals surface area contributed by atoms with Crippen LogP contribution in [0, 0.1) is 5.41 Å². The molecule has 36 heavy (non-hydrogen) atoms. The van der Waals surface area contributed by atoms with E-state index in [-0.39, 0.29) is 29.3 Å². The Kier molecular flexibility index (Phi) is 9.97. The summed E-state index contributed by atoms with van der Waals surface area (Å²) < 4.78 is 1.90. The number of hydrogen-bond donors (Lipinski definition) is 4. The number of carboxylic acids is 2. The van der Waals surface area contributed by atoms with Gasteiger partial charge in [0.25, 0.3) is 5.91 Å². The molecule has 0 unspecified atom stereocenters. The monoisotopic (exact) mass is 503 g/mol. The lowest BCUT2D eigenvalue weighted by molar-refractivity contribution is -0.159. The molecule has 2 aromatic rings. The first-order valence-corrected chi connectivity index (χ1v) is 12.1. The lowest BCUT2D eigenvalue weighted by Gasteiger charge is -2.33. The Balaban J connectivity index is 0.000000678. The number of amides is 2. The van der Waals surface area contributed by atoms with Crippen LogP contribution in [-0.4, -0.2) is 80.9 Å². The summed E-state index contributed by atoms with van der Waals surface area (Å²) in [7, 11) is 0. The normalized spacial score (nSPS) is 14.7. The Morgan fingerprint density at radius 1 is 1.06 bits per heavy atom. The van der Waals surface area contributed by atoms with Crippen LogP contribution >= 0.6 is 0 Å². The fourth-order valence-corrected chi connectivity index (χ4v) is 3.76. The average Bonchev–Trinajstić information content (AvgIpc) is 3.20. The van der Waals surface area contributed by atoms with Crippen molar-refractivity contribution in [3.63, 3.8) is 0 Å². The number of carbonyl (C=O) groups excluding carboxylic acids is 2. The number of hydrogen-bond acceptors (Lipinski definition) is 6. The number of rotatable bonds is 6. The van der Waals surface area contributed by atoms with Gasteiger partial charge in [0.1, 0.15) is 0 Å². The van der Waals surface area contributed by atoms with Gasteiger partial charge in [-0.2, -0.15) is 5.10 Å². The third-order valence-electron chi connectivity index (χ3n) is 5.82. The zero-order valence-corrected chi connectivity index (χ0v) is 21.6. The maximum atomic E-state index is 12.8. The van der Waals surface area contributed by atoms with Crippen molar-refractivity contribution in [1.82, 2.24) is 25.3 Å². The first-order chi connectivity index (χ1) is 16.8. The number of aliphatic carboxylic acids is 2. The first-order valence-electron chi connectivity index (χ1n) is 12.1. The minimum absolute atomic E-state index is 0.112. The van der Waals surface area contributed by atoms with Crippen LogP contribution in [0.4, 0.5) is 0 Å². The molecule has 0 radical (unpaired) electrons. The molecule has 4 N–H and O–H groups in total. The van der Waals surface area contributed by atoms with Crippen LogP contribution in [0.15, 0.2) is 24.3 Å². The van der Waals surface area contributed by atoms with Crippen molar-refractivity contribution < 1.29 is 29.4 Å². The smallest absolute Gasteiger partial charge is 0.414 e. The Morgan fingerprint density at radius 2 is 1.64 bits per heavy atom. The van der Waals surface area contributed by atoms with Crippen molar-refractivity contribution in [2.45, 2.75) is 59.5 Å². The molecule has 3 rings (SSSR count). The zero-order chi connectivity index (χ0) is 27.0. The van der Waals surface area contributed by atoms with Crippen LogP contribution in [0.5, 0.6) is 0 Å². The molecule has 1 aromatic heterocycles. The summed E-state index contributed by atoms with van der Waals surface area (Å²) in [6.07, 6.45) is 1.89. The topological polar surface area (TPSA) is 154 Å². The number of carbonyl (C=O) groups is 4. The number of benzene rings is 1. The SMILES string of the molecule is CC(C)n1nc(C(=O)NCCN2CCC(NC(=O)C(C)(C)C)CC2)c2ccccc21.O=C(O)C(=O)O. The predicted octanol–water partition coefficient (Wildman–Crippen LogP) is 2.13. The minimum atomic E-state index is -1.82. The van der Waals surface area contributed by atoms with E-state index < -0.39 is 11.9 Å². The van der Waals surface area contributed by atoms with Crippen LogP contribution < -0.4 is 10.6 Å². The highest BCUT2D eigenvalue weighted by Gasteiger charge is 2.26. The molecule has 2 heterocycles. The van der Waals surface area contributed by atoms with E-state index in [0.29, 0.717) is 12.2 Å². The summed E-state index contributed by atoms with van der Waals surface area (Å²) in [5.41, 5.74) is 1.12. The Morgan fingerprint density at radius 3 is 2.17 bits per heavy atom. The molecule has 0 saturated carbocycles. The van der Waals surface area contributed by atoms with Crippen molar-refractivity contribution in [3.05, 3.63) is 30.0 Å². The second-order valence-electron chi connectivity index (χ2n) is 10.1. The fourth-order valence-electron chi connectivity index (χ4n) is 3.76. The number of aromatic nitrogens is 2. The lowest BCUT2D eigenvalue weighted by Crippen LogP contribution is -2.48. The van der Waals surface area contributed by atoms with Gasteiger partial charge in [-0.3, -0.25) is 14.3 Å². The van der Waals surface area contributed by atoms with Gasteiger partial charge < -0.3 is 25.7 Å². The van der Waals surface area contributed by atoms with Gasteiger partial charge in [0.15, 0.2) is 5.69 Å². The van der Waals surface area contributed by atoms with Crippen molar-refractivity contribution in [3.8, 4) is 0 Å². The quantitative estimate of drug-likeness (QED) is 0.437. The third kappa shape index (κ3) is 8.04. The number of carboxylic acid groups (broad SMARTS) is 2. The molecule has 1 saturated heterocycles. The van der Waals surface area contributed by atoms with Gasteiger partial charge in [-0.1, -0.05) is 39.0 Å². The Hall–Kier alpha value is -3.47. The third-order valence-corrected chi connectivity index (χ3v) is 5.82. The molecule has 198 valence electrons. The molecule has 1 fully saturated rings. The maximum absolute atomic E-state index is 12.8. The van der Waals surface area contributed by atoms with Gasteiger partial charge in [0.2, 0.25) is 5.91 Å². The molecule has 0 atom stereocenters. The molecule has 11 heteroatoms. The van der Waals surface area contributed by atoms with E-state index in [0.717, 1.165) is 43.4 Å². The summed E-state index contributed by atoms with van der Waals surface area (Å²) in [5, 5.41) is 26.4. The summed E-state index contributed by atoms with van der Waals surface area (Å²) in [5.74, 6) is -3.66. The van der Waals surface area contributed by atoms with Crippen molar-refractivity contribution in [2.75, 3.05) is 26.2 Å². The van der Waals surface area contributed by atoms with Crippen LogP contribution in [0.25, 0.3) is 10.9 Å². The van der Waals surface area contributed by atoms with E-state index in [1.807, 2.05) is 49.7 Å². The van der Waals surface area contributed by atoms with E-state index in [9.17, 15) is 9.59 Å². The molecular formula is C25H37N5O6. The van der Waals surface area contributed by atoms with Crippen LogP contribution in [-0.2, 0) is 14.4 Å². The maximum Gasteiger partial charge on any atom is 0.414 e. The molecule has 1 aliphatic rings. The highest BCUT2D eigenvalue weighted by Crippen LogP contribution is 2.21. The standard InChI is InChI=1S/C23H35N5O2.C2H2O4/c1-16(2)28-19-9-7-6-8-18(19)20(26-28)21(29)24-12-15-27-13-10-17(11-14-27)25-22(30)23(3,4)5;3-1(4)2(5)6/h6-9,16-17H,10-15H2,1-5H3,(H,24,29)(H,25,30);(H,3,4)(H,5,6). The number of nitrogens with one attached hydrogen (secondary N) is 2. The van der Waals surface area contributed by atoms with Crippen molar-refractivity contribution >= 4 is 34.7 Å². The van der Waals surface area contributed by atoms with E-state index in [1.165, 1.54) is 0 Å². The predicted molar refractivity (Wildman–Crippen MR) is 135 cm³/mol. The van der Waals surface area contributed by atoms with Gasteiger partial charge in [-0.15, -0.1) is 0 Å². The van der Waals surface area contributed by atoms with Gasteiger partial charge in [0, 0.05) is 49.1 Å². The summed E-state index contributed by atoms with van der Waals surface area (Å²) in [6.45, 7) is 13.2. The van der Waals surface area contributed by atoms with E-state index >= 15 is 0 Å². The summed E-state index contributed by atoms with van der Waals surface area (Å²) >= 11 is 0. The van der Waals surface area contributed by atoms with Gasteiger partial charge in [0.05, 0.1) is 5.52 Å². The second kappa shape index (κ2) is 12.5. The highest BCUT2D eigenvalue weighted by atomic mass is 16.4. The summed E-state index contributed by atoms with van der Waals surface area (Å²) in [6, 6.07) is 8.30. The van der Waals surface area contributed by atoms with E-state index in [2.05, 4.69) is 34.5 Å². The molecule has 0 aliphatic carbocycles. The van der Waals surface area contributed by atoms with Gasteiger partial charge in [-0.05, 0) is 32.8 Å². The fraction of sp³-hybridized carbons (Fsp3) is 0.560. The Labute approximate surface area is 210 Å². The molecule has 0 bridgehead atoms.